The van der Waals surface area contributed by atoms with Crippen LogP contribution in [0.5, 0.6) is 0 Å². The Balaban J connectivity index is 1.67. The van der Waals surface area contributed by atoms with Gasteiger partial charge in [0, 0.05) is 35.2 Å². The molecular formula is C16H15F3N2OS2. The summed E-state index contributed by atoms with van der Waals surface area (Å²) in [5.74, 6) is 0.547. The summed E-state index contributed by atoms with van der Waals surface area (Å²) in [4.78, 5) is 18.9. The van der Waals surface area contributed by atoms with Crippen molar-refractivity contribution in [3.8, 4) is 0 Å². The van der Waals surface area contributed by atoms with Crippen LogP contribution < -0.4 is 0 Å². The molecule has 0 aromatic carbocycles. The second-order valence-electron chi connectivity index (χ2n) is 5.39. The molecule has 0 saturated carbocycles. The van der Waals surface area contributed by atoms with Crippen molar-refractivity contribution < 1.29 is 18.0 Å². The van der Waals surface area contributed by atoms with Crippen molar-refractivity contribution in [2.24, 2.45) is 0 Å². The third-order valence-electron chi connectivity index (χ3n) is 3.79. The molecule has 1 aliphatic heterocycles. The highest BCUT2D eigenvalue weighted by atomic mass is 32.2. The number of pyridine rings is 1. The lowest BCUT2D eigenvalue weighted by Crippen LogP contribution is -2.33. The molecule has 128 valence electrons. The largest absolute Gasteiger partial charge is 0.433 e. The standard InChI is InChI=1S/C16H15F3N2OS2/c17-16(18,19)14-4-3-11(10-20-14)15(22)21-6-5-13(24-9-7-21)12-2-1-8-23-12/h1-4,8,10,13H,5-7,9H2/t13-/m1/s1. The third-order valence-corrected chi connectivity index (χ3v) is 6.24. The monoisotopic (exact) mass is 372 g/mol. The Hall–Kier alpha value is -1.54. The number of amides is 1. The van der Waals surface area contributed by atoms with Gasteiger partial charge in [-0.3, -0.25) is 9.78 Å². The molecule has 0 aliphatic carbocycles. The van der Waals surface area contributed by atoms with Crippen molar-refractivity contribution in [1.29, 1.82) is 0 Å². The van der Waals surface area contributed by atoms with E-state index in [0.29, 0.717) is 18.3 Å². The van der Waals surface area contributed by atoms with Crippen molar-refractivity contribution in [3.63, 3.8) is 0 Å². The smallest absolute Gasteiger partial charge is 0.338 e. The van der Waals surface area contributed by atoms with E-state index >= 15 is 0 Å². The summed E-state index contributed by atoms with van der Waals surface area (Å²) < 4.78 is 37.6. The molecule has 8 heteroatoms. The predicted molar refractivity (Wildman–Crippen MR) is 89.3 cm³/mol. The van der Waals surface area contributed by atoms with Crippen molar-refractivity contribution in [2.45, 2.75) is 17.8 Å². The van der Waals surface area contributed by atoms with Gasteiger partial charge >= 0.3 is 6.18 Å². The van der Waals surface area contributed by atoms with Crippen LogP contribution in [0.3, 0.4) is 0 Å². The molecule has 3 nitrogen and oxygen atoms in total. The van der Waals surface area contributed by atoms with Crippen molar-refractivity contribution >= 4 is 29.0 Å². The average Bonchev–Trinajstić information content (AvgIpc) is 2.98. The molecule has 3 heterocycles. The molecule has 0 radical (unpaired) electrons. The lowest BCUT2D eigenvalue weighted by atomic mass is 10.2. The predicted octanol–water partition coefficient (Wildman–Crippen LogP) is 4.48. The highest BCUT2D eigenvalue weighted by Crippen LogP contribution is 2.37. The molecule has 0 unspecified atom stereocenters. The van der Waals surface area contributed by atoms with E-state index in [-0.39, 0.29) is 11.5 Å². The highest BCUT2D eigenvalue weighted by Gasteiger charge is 2.32. The van der Waals surface area contributed by atoms with E-state index in [0.717, 1.165) is 24.4 Å². The molecule has 0 spiro atoms. The average molecular weight is 372 g/mol. The van der Waals surface area contributed by atoms with Crippen molar-refractivity contribution in [3.05, 3.63) is 52.0 Å². The van der Waals surface area contributed by atoms with Gasteiger partial charge in [-0.25, -0.2) is 0 Å². The summed E-state index contributed by atoms with van der Waals surface area (Å²) in [5.41, 5.74) is -0.786. The number of carbonyl (C=O) groups excluding carboxylic acids is 1. The normalized spacial score (nSPS) is 19.1. The van der Waals surface area contributed by atoms with Gasteiger partial charge in [-0.2, -0.15) is 24.9 Å². The van der Waals surface area contributed by atoms with Gasteiger partial charge in [0.2, 0.25) is 0 Å². The number of aromatic nitrogens is 1. The van der Waals surface area contributed by atoms with E-state index in [1.54, 1.807) is 16.2 Å². The number of thiophene rings is 1. The lowest BCUT2D eigenvalue weighted by Gasteiger charge is -2.20. The Bertz CT molecular complexity index is 686. The third kappa shape index (κ3) is 3.92. The minimum atomic E-state index is -4.49. The van der Waals surface area contributed by atoms with Gasteiger partial charge < -0.3 is 4.90 Å². The molecule has 1 saturated heterocycles. The Morgan fingerprint density at radius 2 is 2.08 bits per heavy atom. The quantitative estimate of drug-likeness (QED) is 0.779. The summed E-state index contributed by atoms with van der Waals surface area (Å²) in [6, 6.07) is 6.17. The van der Waals surface area contributed by atoms with Crippen LogP contribution >= 0.6 is 23.1 Å². The number of carbonyl (C=O) groups is 1. The Labute approximate surface area is 145 Å². The first-order chi connectivity index (χ1) is 11.4. The molecule has 24 heavy (non-hydrogen) atoms. The maximum absolute atomic E-state index is 12.5. The van der Waals surface area contributed by atoms with Crippen LogP contribution in [0.25, 0.3) is 0 Å². The SMILES string of the molecule is O=C(c1ccc(C(F)(F)F)nc1)N1CCS[C@@H](c2cccs2)CC1. The van der Waals surface area contributed by atoms with E-state index in [2.05, 4.69) is 11.1 Å². The number of nitrogens with zero attached hydrogens (tertiary/aromatic N) is 2. The Morgan fingerprint density at radius 3 is 2.71 bits per heavy atom. The van der Waals surface area contributed by atoms with Crippen LogP contribution in [0.4, 0.5) is 13.2 Å². The maximum Gasteiger partial charge on any atom is 0.433 e. The van der Waals surface area contributed by atoms with Gasteiger partial charge in [0.15, 0.2) is 0 Å². The van der Waals surface area contributed by atoms with Crippen molar-refractivity contribution in [1.82, 2.24) is 9.88 Å². The summed E-state index contributed by atoms with van der Waals surface area (Å²) in [7, 11) is 0. The molecule has 1 amide bonds. The van der Waals surface area contributed by atoms with Crippen LogP contribution in [-0.4, -0.2) is 34.6 Å². The zero-order valence-electron chi connectivity index (χ0n) is 12.6. The molecule has 1 aliphatic rings. The van der Waals surface area contributed by atoms with Crippen LogP contribution in [0.15, 0.2) is 35.8 Å². The Morgan fingerprint density at radius 1 is 1.25 bits per heavy atom. The first kappa shape index (κ1) is 17.3. The molecule has 3 rings (SSSR count). The summed E-state index contributed by atoms with van der Waals surface area (Å²) in [5, 5.41) is 2.41. The van der Waals surface area contributed by atoms with Gasteiger partial charge in [-0.15, -0.1) is 11.3 Å². The van der Waals surface area contributed by atoms with Crippen LogP contribution in [0.1, 0.15) is 32.6 Å². The second-order valence-corrected chi connectivity index (χ2v) is 7.68. The molecular weight excluding hydrogens is 357 g/mol. The zero-order chi connectivity index (χ0) is 17.2. The fraction of sp³-hybridized carbons (Fsp3) is 0.375. The molecule has 0 bridgehead atoms. The number of halogens is 3. The number of rotatable bonds is 2. The van der Waals surface area contributed by atoms with Gasteiger partial charge in [0.1, 0.15) is 5.69 Å². The van der Waals surface area contributed by atoms with Crippen LogP contribution in [0, 0.1) is 0 Å². The Kier molecular flexibility index (Phi) is 5.15. The minimum Gasteiger partial charge on any atom is -0.338 e. The zero-order valence-corrected chi connectivity index (χ0v) is 14.3. The van der Waals surface area contributed by atoms with Gasteiger partial charge in [0.25, 0.3) is 5.91 Å². The fourth-order valence-corrected chi connectivity index (χ4v) is 4.78. The topological polar surface area (TPSA) is 33.2 Å². The maximum atomic E-state index is 12.5. The van der Waals surface area contributed by atoms with Crippen LogP contribution in [0.2, 0.25) is 0 Å². The molecule has 0 N–H and O–H groups in total. The van der Waals surface area contributed by atoms with Gasteiger partial charge in [0.05, 0.1) is 5.56 Å². The van der Waals surface area contributed by atoms with E-state index in [4.69, 9.17) is 0 Å². The number of hydrogen-bond donors (Lipinski definition) is 0. The number of alkyl halides is 3. The molecule has 1 atom stereocenters. The highest BCUT2D eigenvalue weighted by molar-refractivity contribution is 7.99. The minimum absolute atomic E-state index is 0.197. The summed E-state index contributed by atoms with van der Waals surface area (Å²) in [6.45, 7) is 1.18. The first-order valence-electron chi connectivity index (χ1n) is 7.42. The van der Waals surface area contributed by atoms with E-state index in [9.17, 15) is 18.0 Å². The summed E-state index contributed by atoms with van der Waals surface area (Å²) >= 11 is 3.52. The van der Waals surface area contributed by atoms with E-state index in [1.807, 2.05) is 23.2 Å². The lowest BCUT2D eigenvalue weighted by molar-refractivity contribution is -0.141. The van der Waals surface area contributed by atoms with Crippen LogP contribution in [-0.2, 0) is 6.18 Å². The van der Waals surface area contributed by atoms with Crippen molar-refractivity contribution in [2.75, 3.05) is 18.8 Å². The van der Waals surface area contributed by atoms with Gasteiger partial charge in [-0.05, 0) is 30.0 Å². The molecule has 2 aromatic heterocycles. The van der Waals surface area contributed by atoms with E-state index < -0.39 is 11.9 Å². The number of thioether (sulfide) groups is 1. The van der Waals surface area contributed by atoms with E-state index in [1.165, 1.54) is 10.9 Å². The molecule has 1 fully saturated rings. The second kappa shape index (κ2) is 7.14. The van der Waals surface area contributed by atoms with Gasteiger partial charge in [-0.1, -0.05) is 6.07 Å². The fourth-order valence-electron chi connectivity index (χ4n) is 2.55. The molecule has 2 aromatic rings. The first-order valence-corrected chi connectivity index (χ1v) is 9.35. The summed E-state index contributed by atoms with van der Waals surface area (Å²) in [6.07, 6.45) is -2.64. The number of hydrogen-bond acceptors (Lipinski definition) is 4.